The summed E-state index contributed by atoms with van der Waals surface area (Å²) in [5, 5.41) is 18.3. The molecule has 0 saturated heterocycles. The Bertz CT molecular complexity index is 400. The average molecular weight is 316 g/mol. The van der Waals surface area contributed by atoms with Crippen molar-refractivity contribution in [3.63, 3.8) is 0 Å². The first-order valence-electron chi connectivity index (χ1n) is 6.96. The molecule has 9 nitrogen and oxygen atoms in total. The summed E-state index contributed by atoms with van der Waals surface area (Å²) in [6.45, 7) is 3.00. The highest BCUT2D eigenvalue weighted by Crippen LogP contribution is 2.02. The molecule has 126 valence electrons. The van der Waals surface area contributed by atoms with Crippen molar-refractivity contribution in [2.45, 2.75) is 32.4 Å². The van der Waals surface area contributed by atoms with Gasteiger partial charge in [0.2, 0.25) is 24.1 Å². The summed E-state index contributed by atoms with van der Waals surface area (Å²) >= 11 is 0. The van der Waals surface area contributed by atoms with Crippen LogP contribution in [0.5, 0.6) is 0 Å². The van der Waals surface area contributed by atoms with Gasteiger partial charge in [0.15, 0.2) is 0 Å². The first kappa shape index (κ1) is 19.8. The number of hydrogen-bond donors (Lipinski definition) is 5. The van der Waals surface area contributed by atoms with Gasteiger partial charge in [0.05, 0.1) is 0 Å². The van der Waals surface area contributed by atoms with Crippen LogP contribution in [0.3, 0.4) is 0 Å². The predicted molar refractivity (Wildman–Crippen MR) is 78.5 cm³/mol. The molecule has 0 aliphatic carbocycles. The molecule has 0 fully saturated rings. The van der Waals surface area contributed by atoms with Crippen LogP contribution in [0.4, 0.5) is 0 Å². The molecule has 9 heteroatoms. The lowest BCUT2D eigenvalue weighted by atomic mass is 10.0. The first-order valence-corrected chi connectivity index (χ1v) is 6.96. The average Bonchev–Trinajstić information content (AvgIpc) is 2.49. The van der Waals surface area contributed by atoms with E-state index in [0.717, 1.165) is 0 Å². The van der Waals surface area contributed by atoms with Crippen molar-refractivity contribution in [1.29, 1.82) is 0 Å². The maximum absolute atomic E-state index is 12.1. The lowest BCUT2D eigenvalue weighted by molar-refractivity contribution is -0.131. The molecule has 0 heterocycles. The Morgan fingerprint density at radius 2 is 1.82 bits per heavy atom. The second-order valence-electron chi connectivity index (χ2n) is 4.98. The van der Waals surface area contributed by atoms with Gasteiger partial charge in [-0.1, -0.05) is 13.8 Å². The van der Waals surface area contributed by atoms with Crippen molar-refractivity contribution in [3.8, 4) is 0 Å². The SMILES string of the molecule is CNC(=O)[C@H](CCNC(=O)CO)NC(=O)[C@@H](NC=O)C(C)C. The molecule has 0 aromatic carbocycles. The first-order chi connectivity index (χ1) is 10.4. The van der Waals surface area contributed by atoms with Crippen molar-refractivity contribution in [1.82, 2.24) is 21.3 Å². The molecular formula is C13H24N4O5. The summed E-state index contributed by atoms with van der Waals surface area (Å²) in [6.07, 6.45) is 0.587. The Morgan fingerprint density at radius 1 is 1.18 bits per heavy atom. The monoisotopic (exact) mass is 316 g/mol. The van der Waals surface area contributed by atoms with Crippen molar-refractivity contribution in [2.75, 3.05) is 20.2 Å². The Balaban J connectivity index is 4.69. The number of amides is 4. The zero-order valence-electron chi connectivity index (χ0n) is 13.0. The third-order valence-electron chi connectivity index (χ3n) is 2.97. The molecule has 0 spiro atoms. The highest BCUT2D eigenvalue weighted by molar-refractivity contribution is 5.90. The van der Waals surface area contributed by atoms with Crippen molar-refractivity contribution in [3.05, 3.63) is 0 Å². The van der Waals surface area contributed by atoms with Crippen molar-refractivity contribution in [2.24, 2.45) is 5.92 Å². The summed E-state index contributed by atoms with van der Waals surface area (Å²) in [4.78, 5) is 45.4. The van der Waals surface area contributed by atoms with Gasteiger partial charge < -0.3 is 26.4 Å². The van der Waals surface area contributed by atoms with Crippen LogP contribution in [0.25, 0.3) is 0 Å². The van der Waals surface area contributed by atoms with Gasteiger partial charge in [-0.2, -0.15) is 0 Å². The van der Waals surface area contributed by atoms with Gasteiger partial charge in [0.1, 0.15) is 18.7 Å². The van der Waals surface area contributed by atoms with E-state index < -0.39 is 36.4 Å². The molecule has 4 amide bonds. The van der Waals surface area contributed by atoms with E-state index in [2.05, 4.69) is 21.3 Å². The van der Waals surface area contributed by atoms with Crippen LogP contribution in [-0.2, 0) is 19.2 Å². The van der Waals surface area contributed by atoms with Crippen LogP contribution in [0.1, 0.15) is 20.3 Å². The van der Waals surface area contributed by atoms with E-state index in [-0.39, 0.29) is 18.9 Å². The van der Waals surface area contributed by atoms with Crippen LogP contribution in [0.2, 0.25) is 0 Å². The van der Waals surface area contributed by atoms with Crippen LogP contribution in [0.15, 0.2) is 0 Å². The third-order valence-corrected chi connectivity index (χ3v) is 2.97. The number of aliphatic hydroxyl groups excluding tert-OH is 1. The van der Waals surface area contributed by atoms with Gasteiger partial charge in [-0.15, -0.1) is 0 Å². The van der Waals surface area contributed by atoms with E-state index in [1.807, 2.05) is 0 Å². The fourth-order valence-electron chi connectivity index (χ4n) is 1.76. The summed E-state index contributed by atoms with van der Waals surface area (Å²) in [5.41, 5.74) is 0. The minimum Gasteiger partial charge on any atom is -0.387 e. The Morgan fingerprint density at radius 3 is 2.27 bits per heavy atom. The largest absolute Gasteiger partial charge is 0.387 e. The smallest absolute Gasteiger partial charge is 0.245 e. The van der Waals surface area contributed by atoms with E-state index in [9.17, 15) is 19.2 Å². The van der Waals surface area contributed by atoms with E-state index >= 15 is 0 Å². The van der Waals surface area contributed by atoms with Gasteiger partial charge in [-0.3, -0.25) is 19.2 Å². The summed E-state index contributed by atoms with van der Waals surface area (Å²) in [6, 6.07) is -1.61. The van der Waals surface area contributed by atoms with Crippen molar-refractivity contribution >= 4 is 24.1 Å². The van der Waals surface area contributed by atoms with Gasteiger partial charge in [0.25, 0.3) is 0 Å². The lowest BCUT2D eigenvalue weighted by Gasteiger charge is -2.23. The second-order valence-corrected chi connectivity index (χ2v) is 4.98. The Labute approximate surface area is 129 Å². The van der Waals surface area contributed by atoms with Gasteiger partial charge >= 0.3 is 0 Å². The number of nitrogens with one attached hydrogen (secondary N) is 4. The molecule has 5 N–H and O–H groups in total. The van der Waals surface area contributed by atoms with Crippen LogP contribution in [-0.4, -0.2) is 61.5 Å². The normalized spacial score (nSPS) is 13.0. The molecule has 22 heavy (non-hydrogen) atoms. The molecule has 0 aliphatic heterocycles. The molecular weight excluding hydrogens is 292 g/mol. The molecule has 2 atom stereocenters. The summed E-state index contributed by atoms with van der Waals surface area (Å²) in [5.74, 6) is -1.61. The quantitative estimate of drug-likeness (QED) is 0.283. The summed E-state index contributed by atoms with van der Waals surface area (Å²) in [7, 11) is 1.43. The number of rotatable bonds is 10. The maximum atomic E-state index is 12.1. The number of likely N-dealkylation sites (N-methyl/N-ethyl adjacent to an activating group) is 1. The maximum Gasteiger partial charge on any atom is 0.245 e. The number of aliphatic hydroxyl groups is 1. The Kier molecular flexibility index (Phi) is 9.51. The minimum atomic E-state index is -0.855. The topological polar surface area (TPSA) is 137 Å². The zero-order valence-corrected chi connectivity index (χ0v) is 13.0. The molecule has 0 bridgehead atoms. The van der Waals surface area contributed by atoms with Gasteiger partial charge in [-0.25, -0.2) is 0 Å². The van der Waals surface area contributed by atoms with E-state index in [1.54, 1.807) is 13.8 Å². The zero-order chi connectivity index (χ0) is 17.1. The second kappa shape index (κ2) is 10.6. The molecule has 0 saturated carbocycles. The summed E-state index contributed by atoms with van der Waals surface area (Å²) < 4.78 is 0. The molecule has 0 unspecified atom stereocenters. The van der Waals surface area contributed by atoms with Gasteiger partial charge in [0, 0.05) is 13.6 Å². The third kappa shape index (κ3) is 7.02. The molecule has 0 aliphatic rings. The number of carbonyl (C=O) groups excluding carboxylic acids is 4. The Hall–Kier alpha value is -2.16. The fraction of sp³-hybridized carbons (Fsp3) is 0.692. The molecule has 0 aromatic rings. The standard InChI is InChI=1S/C13H24N4O5/c1-8(2)11(16-7-19)13(22)17-9(12(21)14-3)4-5-15-10(20)6-18/h7-9,11,18H,4-6H2,1-3H3,(H,14,21)(H,15,20)(H,16,19)(H,17,22)/t9-,11-/m0/s1. The number of hydrogen-bond acceptors (Lipinski definition) is 5. The van der Waals surface area contributed by atoms with E-state index in [4.69, 9.17) is 5.11 Å². The number of carbonyl (C=O) groups is 4. The van der Waals surface area contributed by atoms with E-state index in [1.165, 1.54) is 7.05 Å². The van der Waals surface area contributed by atoms with Crippen LogP contribution in [0, 0.1) is 5.92 Å². The molecule has 0 rings (SSSR count). The predicted octanol–water partition coefficient (Wildman–Crippen LogP) is -2.51. The minimum absolute atomic E-state index is 0.116. The van der Waals surface area contributed by atoms with Crippen LogP contribution < -0.4 is 21.3 Å². The lowest BCUT2D eigenvalue weighted by Crippen LogP contribution is -2.54. The highest BCUT2D eigenvalue weighted by Gasteiger charge is 2.26. The van der Waals surface area contributed by atoms with E-state index in [0.29, 0.717) is 6.41 Å². The van der Waals surface area contributed by atoms with Crippen molar-refractivity contribution < 1.29 is 24.3 Å². The molecule has 0 aromatic heterocycles. The van der Waals surface area contributed by atoms with Crippen LogP contribution >= 0.6 is 0 Å². The fourth-order valence-corrected chi connectivity index (χ4v) is 1.76. The van der Waals surface area contributed by atoms with Gasteiger partial charge in [-0.05, 0) is 12.3 Å². The highest BCUT2D eigenvalue weighted by atomic mass is 16.3. The molecule has 0 radical (unpaired) electrons.